The zero-order chi connectivity index (χ0) is 24.9. The highest BCUT2D eigenvalue weighted by Crippen LogP contribution is 2.24. The minimum atomic E-state index is -0.621. The van der Waals surface area contributed by atoms with E-state index in [0.717, 1.165) is 0 Å². The standard InChI is InChI=1S/C26H27N5O4/c1-4-34-21-10-8-20(9-11-21)28-25(32)19(14-27)13-22-24(30-15-17(2)35-18(3)16-30)29-23-7-5-6-12-31(23)26(22)33/h5-13,17-18H,4,15-16H2,1-3H3,(H,28,32). The predicted octanol–water partition coefficient (Wildman–Crippen LogP) is 3.25. The van der Waals surface area contributed by atoms with Crippen molar-refractivity contribution >= 4 is 29.1 Å². The Morgan fingerprint density at radius 1 is 1.23 bits per heavy atom. The minimum Gasteiger partial charge on any atom is -0.494 e. The van der Waals surface area contributed by atoms with Gasteiger partial charge in [-0.05, 0) is 63.2 Å². The van der Waals surface area contributed by atoms with E-state index in [1.165, 1.54) is 10.5 Å². The van der Waals surface area contributed by atoms with Crippen LogP contribution < -0.4 is 20.5 Å². The van der Waals surface area contributed by atoms with E-state index in [2.05, 4.69) is 5.32 Å². The van der Waals surface area contributed by atoms with Crippen molar-refractivity contribution in [1.29, 1.82) is 5.26 Å². The molecule has 2 atom stereocenters. The van der Waals surface area contributed by atoms with Crippen LogP contribution >= 0.6 is 0 Å². The fourth-order valence-electron chi connectivity index (χ4n) is 4.10. The molecule has 1 aliphatic heterocycles. The van der Waals surface area contributed by atoms with Crippen molar-refractivity contribution in [1.82, 2.24) is 9.38 Å². The monoisotopic (exact) mass is 473 g/mol. The lowest BCUT2D eigenvalue weighted by Crippen LogP contribution is -2.46. The van der Waals surface area contributed by atoms with Crippen LogP contribution in [0.4, 0.5) is 11.5 Å². The van der Waals surface area contributed by atoms with Gasteiger partial charge < -0.3 is 19.7 Å². The first-order valence-electron chi connectivity index (χ1n) is 11.5. The summed E-state index contributed by atoms with van der Waals surface area (Å²) < 4.78 is 12.7. The number of ether oxygens (including phenoxy) is 2. The van der Waals surface area contributed by atoms with Crippen molar-refractivity contribution in [3.8, 4) is 11.8 Å². The topological polar surface area (TPSA) is 109 Å². The smallest absolute Gasteiger partial charge is 0.267 e. The summed E-state index contributed by atoms with van der Waals surface area (Å²) in [6, 6.07) is 14.0. The Balaban J connectivity index is 1.74. The SMILES string of the molecule is CCOc1ccc(NC(=O)C(C#N)=Cc2c(N3CC(C)OC(C)C3)nc3ccccn3c2=O)cc1. The van der Waals surface area contributed by atoms with Gasteiger partial charge >= 0.3 is 0 Å². The van der Waals surface area contributed by atoms with Gasteiger partial charge in [0.2, 0.25) is 0 Å². The second-order valence-corrected chi connectivity index (χ2v) is 8.33. The maximum atomic E-state index is 13.5. The molecule has 1 aliphatic rings. The van der Waals surface area contributed by atoms with Gasteiger partial charge in [-0.15, -0.1) is 0 Å². The molecule has 1 aromatic carbocycles. The van der Waals surface area contributed by atoms with Gasteiger partial charge in [-0.3, -0.25) is 14.0 Å². The number of benzene rings is 1. The average molecular weight is 474 g/mol. The maximum Gasteiger partial charge on any atom is 0.267 e. The van der Waals surface area contributed by atoms with E-state index in [1.54, 1.807) is 48.7 Å². The summed E-state index contributed by atoms with van der Waals surface area (Å²) in [6.07, 6.45) is 2.80. The number of rotatable bonds is 6. The molecule has 1 saturated heterocycles. The number of fused-ring (bicyclic) bond motifs is 1. The van der Waals surface area contributed by atoms with Crippen molar-refractivity contribution in [2.45, 2.75) is 33.0 Å². The molecule has 0 bridgehead atoms. The van der Waals surface area contributed by atoms with Gasteiger partial charge in [-0.2, -0.15) is 5.26 Å². The molecule has 3 aromatic rings. The molecule has 0 aliphatic carbocycles. The molecule has 3 heterocycles. The molecule has 2 unspecified atom stereocenters. The molecule has 0 radical (unpaired) electrons. The maximum absolute atomic E-state index is 13.5. The average Bonchev–Trinajstić information content (AvgIpc) is 2.84. The molecule has 9 nitrogen and oxygen atoms in total. The second kappa shape index (κ2) is 10.4. The molecule has 2 aromatic heterocycles. The number of hydrogen-bond acceptors (Lipinski definition) is 7. The Bertz CT molecular complexity index is 1350. The number of pyridine rings is 1. The van der Waals surface area contributed by atoms with E-state index in [4.69, 9.17) is 14.5 Å². The lowest BCUT2D eigenvalue weighted by atomic mass is 10.1. The quantitative estimate of drug-likeness (QED) is 0.432. The van der Waals surface area contributed by atoms with Gasteiger partial charge in [0.25, 0.3) is 11.5 Å². The Morgan fingerprint density at radius 3 is 2.60 bits per heavy atom. The van der Waals surface area contributed by atoms with E-state index in [9.17, 15) is 14.9 Å². The molecular weight excluding hydrogens is 446 g/mol. The molecule has 4 rings (SSSR count). The number of nitriles is 1. The Morgan fingerprint density at radius 2 is 1.94 bits per heavy atom. The summed E-state index contributed by atoms with van der Waals surface area (Å²) in [5, 5.41) is 12.5. The highest BCUT2D eigenvalue weighted by molar-refractivity contribution is 6.10. The van der Waals surface area contributed by atoms with E-state index >= 15 is 0 Å². The van der Waals surface area contributed by atoms with Gasteiger partial charge in [0.05, 0.1) is 24.4 Å². The van der Waals surface area contributed by atoms with Crippen molar-refractivity contribution in [3.05, 3.63) is 70.2 Å². The Hall–Kier alpha value is -4.16. The minimum absolute atomic E-state index is 0.0648. The van der Waals surface area contributed by atoms with Crippen LogP contribution in [0.1, 0.15) is 26.3 Å². The van der Waals surface area contributed by atoms with Gasteiger partial charge in [-0.25, -0.2) is 4.98 Å². The van der Waals surface area contributed by atoms with E-state index in [-0.39, 0.29) is 28.9 Å². The highest BCUT2D eigenvalue weighted by Gasteiger charge is 2.27. The number of hydrogen-bond donors (Lipinski definition) is 1. The molecular formula is C26H27N5O4. The summed E-state index contributed by atoms with van der Waals surface area (Å²) in [4.78, 5) is 33.1. The van der Waals surface area contributed by atoms with Gasteiger partial charge in [-0.1, -0.05) is 6.07 Å². The van der Waals surface area contributed by atoms with Crippen LogP contribution in [0.5, 0.6) is 5.75 Å². The number of amides is 1. The fourth-order valence-corrected chi connectivity index (χ4v) is 4.10. The van der Waals surface area contributed by atoms with Crippen LogP contribution in [0.2, 0.25) is 0 Å². The largest absolute Gasteiger partial charge is 0.494 e. The zero-order valence-electron chi connectivity index (χ0n) is 19.9. The summed E-state index contributed by atoms with van der Waals surface area (Å²) >= 11 is 0. The van der Waals surface area contributed by atoms with Gasteiger partial charge in [0.1, 0.15) is 28.9 Å². The lowest BCUT2D eigenvalue weighted by molar-refractivity contribution is -0.112. The predicted molar refractivity (Wildman–Crippen MR) is 134 cm³/mol. The van der Waals surface area contributed by atoms with Crippen molar-refractivity contribution in [2.75, 3.05) is 29.9 Å². The lowest BCUT2D eigenvalue weighted by Gasteiger charge is -2.36. The van der Waals surface area contributed by atoms with Crippen LogP contribution in [-0.4, -0.2) is 47.2 Å². The van der Waals surface area contributed by atoms with E-state index in [1.807, 2.05) is 31.7 Å². The summed E-state index contributed by atoms with van der Waals surface area (Å²) in [5.74, 6) is 0.476. The van der Waals surface area contributed by atoms with Crippen molar-refractivity contribution < 1.29 is 14.3 Å². The zero-order valence-corrected chi connectivity index (χ0v) is 19.9. The highest BCUT2D eigenvalue weighted by atomic mass is 16.5. The third-order valence-corrected chi connectivity index (χ3v) is 5.55. The molecule has 1 fully saturated rings. The normalized spacial score (nSPS) is 18.2. The Kier molecular flexibility index (Phi) is 7.13. The van der Waals surface area contributed by atoms with Crippen LogP contribution in [0, 0.1) is 11.3 Å². The molecule has 1 N–H and O–H groups in total. The molecule has 1 amide bonds. The molecule has 0 saturated carbocycles. The first-order valence-corrected chi connectivity index (χ1v) is 11.5. The van der Waals surface area contributed by atoms with Crippen LogP contribution in [-0.2, 0) is 9.53 Å². The Labute approximate surface area is 203 Å². The number of nitrogens with one attached hydrogen (secondary N) is 1. The third-order valence-electron chi connectivity index (χ3n) is 5.55. The van der Waals surface area contributed by atoms with Crippen molar-refractivity contribution in [2.24, 2.45) is 0 Å². The number of carbonyl (C=O) groups excluding carboxylic acids is 1. The first kappa shape index (κ1) is 24.0. The van der Waals surface area contributed by atoms with Crippen LogP contribution in [0.15, 0.2) is 59.0 Å². The van der Waals surface area contributed by atoms with Gasteiger partial charge in [0, 0.05) is 25.0 Å². The molecule has 0 spiro atoms. The van der Waals surface area contributed by atoms with Crippen LogP contribution in [0.25, 0.3) is 11.7 Å². The number of aromatic nitrogens is 2. The van der Waals surface area contributed by atoms with Gasteiger partial charge in [0.15, 0.2) is 0 Å². The van der Waals surface area contributed by atoms with E-state index < -0.39 is 5.91 Å². The summed E-state index contributed by atoms with van der Waals surface area (Å²) in [7, 11) is 0. The molecule has 180 valence electrons. The van der Waals surface area contributed by atoms with E-state index in [0.29, 0.717) is 42.6 Å². The number of morpholine rings is 1. The third kappa shape index (κ3) is 5.34. The molecule has 9 heteroatoms. The van der Waals surface area contributed by atoms with Crippen LogP contribution in [0.3, 0.4) is 0 Å². The van der Waals surface area contributed by atoms with Crippen molar-refractivity contribution in [3.63, 3.8) is 0 Å². The number of carbonyl (C=O) groups is 1. The second-order valence-electron chi connectivity index (χ2n) is 8.33. The number of nitrogens with zero attached hydrogens (tertiary/aromatic N) is 4. The number of anilines is 2. The summed E-state index contributed by atoms with van der Waals surface area (Å²) in [5.41, 5.74) is 0.592. The first-order chi connectivity index (χ1) is 16.9. The molecule has 35 heavy (non-hydrogen) atoms. The summed E-state index contributed by atoms with van der Waals surface area (Å²) in [6.45, 7) is 7.39. The fraction of sp³-hybridized carbons (Fsp3) is 0.308.